The number of ether oxygens (including phenoxy) is 1. The van der Waals surface area contributed by atoms with Crippen LogP contribution in [0, 0.1) is 22.6 Å². The number of allylic oxidation sites excluding steroid dienone is 1. The van der Waals surface area contributed by atoms with Crippen LogP contribution in [0.4, 0.5) is 4.39 Å². The number of Topliss-reactive ketones (excluding diaryl/α,β-unsaturated/α-hetero) is 1. The topological polar surface area (TPSA) is 101 Å². The summed E-state index contributed by atoms with van der Waals surface area (Å²) in [6.45, 7) is 4.30. The highest BCUT2D eigenvalue weighted by molar-refractivity contribution is 6.04. The molecule has 1 fully saturated rings. The van der Waals surface area contributed by atoms with Crippen LogP contribution in [0.2, 0.25) is 0 Å². The van der Waals surface area contributed by atoms with Crippen LogP contribution in [0.1, 0.15) is 30.6 Å². The molecule has 2 heterocycles. The van der Waals surface area contributed by atoms with Crippen molar-refractivity contribution in [2.75, 3.05) is 19.7 Å². The maximum Gasteiger partial charge on any atom is 0.256 e. The Morgan fingerprint density at radius 2 is 2.03 bits per heavy atom. The fourth-order valence-corrected chi connectivity index (χ4v) is 4.19. The average molecular weight is 409 g/mol. The van der Waals surface area contributed by atoms with E-state index in [0.717, 1.165) is 0 Å². The van der Waals surface area contributed by atoms with Gasteiger partial charge in [0.25, 0.3) is 5.91 Å². The number of hydrogen-bond donors (Lipinski definition) is 0. The zero-order chi connectivity index (χ0) is 21.5. The summed E-state index contributed by atoms with van der Waals surface area (Å²) in [7, 11) is 0. The van der Waals surface area contributed by atoms with Gasteiger partial charge in [-0.3, -0.25) is 9.59 Å². The highest BCUT2D eigenvalue weighted by Gasteiger charge is 2.48. The van der Waals surface area contributed by atoms with Crippen molar-refractivity contribution in [2.24, 2.45) is 5.41 Å². The van der Waals surface area contributed by atoms with Crippen molar-refractivity contribution in [3.63, 3.8) is 0 Å². The monoisotopic (exact) mass is 409 g/mol. The third kappa shape index (κ3) is 3.39. The smallest absolute Gasteiger partial charge is 0.256 e. The van der Waals surface area contributed by atoms with Gasteiger partial charge in [-0.1, -0.05) is 13.8 Å². The minimum atomic E-state index is -0.930. The van der Waals surface area contributed by atoms with Gasteiger partial charge in [-0.15, -0.1) is 0 Å². The summed E-state index contributed by atoms with van der Waals surface area (Å²) in [6.07, 6.45) is 4.78. The Kier molecular flexibility index (Phi) is 4.74. The van der Waals surface area contributed by atoms with E-state index in [1.165, 1.54) is 35.4 Å². The number of rotatable bonds is 2. The Hall–Kier alpha value is -3.38. The van der Waals surface area contributed by atoms with Crippen LogP contribution in [-0.4, -0.2) is 56.9 Å². The van der Waals surface area contributed by atoms with E-state index in [0.29, 0.717) is 13.0 Å². The van der Waals surface area contributed by atoms with Crippen LogP contribution in [0.25, 0.3) is 5.69 Å². The maximum atomic E-state index is 13.9. The van der Waals surface area contributed by atoms with Crippen LogP contribution in [0.3, 0.4) is 0 Å². The van der Waals surface area contributed by atoms with Crippen LogP contribution in [0.15, 0.2) is 42.2 Å². The van der Waals surface area contributed by atoms with E-state index in [9.17, 15) is 19.2 Å². The lowest BCUT2D eigenvalue weighted by atomic mass is 9.69. The molecule has 0 bridgehead atoms. The molecule has 1 aromatic carbocycles. The molecule has 9 heteroatoms. The molecule has 0 radical (unpaired) electrons. The van der Waals surface area contributed by atoms with Gasteiger partial charge in [0.15, 0.2) is 5.78 Å². The molecule has 154 valence electrons. The first-order chi connectivity index (χ1) is 14.2. The largest absolute Gasteiger partial charge is 0.367 e. The van der Waals surface area contributed by atoms with Crippen molar-refractivity contribution in [3.8, 4) is 11.8 Å². The van der Waals surface area contributed by atoms with Crippen LogP contribution in [0.5, 0.6) is 0 Å². The van der Waals surface area contributed by atoms with Crippen molar-refractivity contribution in [1.29, 1.82) is 5.26 Å². The Morgan fingerprint density at radius 3 is 2.73 bits per heavy atom. The summed E-state index contributed by atoms with van der Waals surface area (Å²) in [6, 6.07) is 5.79. The number of nitriles is 1. The molecule has 1 atom stereocenters. The molecule has 1 saturated heterocycles. The molecule has 0 saturated carbocycles. The number of benzene rings is 1. The van der Waals surface area contributed by atoms with Crippen LogP contribution >= 0.6 is 0 Å². The zero-order valence-electron chi connectivity index (χ0n) is 16.6. The number of ketones is 1. The highest BCUT2D eigenvalue weighted by Crippen LogP contribution is 2.41. The van der Waals surface area contributed by atoms with Gasteiger partial charge in [0, 0.05) is 18.0 Å². The molecular weight excluding hydrogens is 389 g/mol. The van der Waals surface area contributed by atoms with E-state index in [1.807, 2.05) is 6.07 Å². The molecular formula is C21H20FN5O3. The lowest BCUT2D eigenvalue weighted by molar-refractivity contribution is -0.134. The van der Waals surface area contributed by atoms with Gasteiger partial charge in [0.05, 0.1) is 36.7 Å². The Labute approximate surface area is 172 Å². The summed E-state index contributed by atoms with van der Waals surface area (Å²) >= 11 is 0. The van der Waals surface area contributed by atoms with E-state index >= 15 is 0 Å². The van der Waals surface area contributed by atoms with E-state index in [-0.39, 0.29) is 41.7 Å². The molecule has 1 aromatic heterocycles. The molecule has 1 aliphatic heterocycles. The number of carbonyl (C=O) groups excluding carboxylic acids is 2. The Morgan fingerprint density at radius 1 is 1.30 bits per heavy atom. The summed E-state index contributed by atoms with van der Waals surface area (Å²) in [4.78, 5) is 28.6. The van der Waals surface area contributed by atoms with Gasteiger partial charge >= 0.3 is 0 Å². The SMILES string of the molecule is CC1(C)CC2(C=C(C#N)C1=O)CN(C(=O)c1ccc(F)cc1-n1nccn1)CCO2. The molecule has 4 rings (SSSR count). The number of aromatic nitrogens is 3. The highest BCUT2D eigenvalue weighted by atomic mass is 19.1. The summed E-state index contributed by atoms with van der Waals surface area (Å²) in [5.41, 5.74) is -1.19. The second kappa shape index (κ2) is 7.15. The molecule has 1 spiro atoms. The first-order valence-electron chi connectivity index (χ1n) is 9.52. The summed E-state index contributed by atoms with van der Waals surface area (Å²) in [5.74, 6) is -1.06. The lowest BCUT2D eigenvalue weighted by Crippen LogP contribution is -2.57. The van der Waals surface area contributed by atoms with Crippen molar-refractivity contribution >= 4 is 11.7 Å². The fourth-order valence-electron chi connectivity index (χ4n) is 4.19. The van der Waals surface area contributed by atoms with Crippen molar-refractivity contribution in [1.82, 2.24) is 19.9 Å². The van der Waals surface area contributed by atoms with Gasteiger partial charge in [0.2, 0.25) is 0 Å². The minimum absolute atomic E-state index is 0.0451. The minimum Gasteiger partial charge on any atom is -0.367 e. The molecule has 1 amide bonds. The number of halogens is 1. The van der Waals surface area contributed by atoms with E-state index in [2.05, 4.69) is 10.2 Å². The number of morpholine rings is 1. The maximum absolute atomic E-state index is 13.9. The summed E-state index contributed by atoms with van der Waals surface area (Å²) < 4.78 is 19.8. The quantitative estimate of drug-likeness (QED) is 0.753. The molecule has 2 aliphatic rings. The van der Waals surface area contributed by atoms with Crippen molar-refractivity contribution < 1.29 is 18.7 Å². The van der Waals surface area contributed by atoms with Crippen molar-refractivity contribution in [2.45, 2.75) is 25.9 Å². The van der Waals surface area contributed by atoms with E-state index in [4.69, 9.17) is 4.74 Å². The van der Waals surface area contributed by atoms with E-state index < -0.39 is 16.8 Å². The molecule has 1 unspecified atom stereocenters. The second-order valence-corrected chi connectivity index (χ2v) is 8.18. The standard InChI is InChI=1S/C21H20FN5O3/c1-20(2)12-21(10-14(11-23)18(20)28)13-26(7-8-30-21)19(29)16-4-3-15(22)9-17(16)27-24-5-6-25-27/h3-6,9-10H,7-8,12-13H2,1-2H3. The Bertz CT molecular complexity index is 1090. The average Bonchev–Trinajstić information content (AvgIpc) is 3.25. The number of nitrogens with zero attached hydrogens (tertiary/aromatic N) is 5. The Balaban J connectivity index is 1.69. The van der Waals surface area contributed by atoms with E-state index in [1.54, 1.807) is 24.8 Å². The zero-order valence-corrected chi connectivity index (χ0v) is 16.6. The van der Waals surface area contributed by atoms with Crippen LogP contribution < -0.4 is 0 Å². The predicted molar refractivity (Wildman–Crippen MR) is 103 cm³/mol. The van der Waals surface area contributed by atoms with Crippen LogP contribution in [-0.2, 0) is 9.53 Å². The molecule has 2 aromatic rings. The second-order valence-electron chi connectivity index (χ2n) is 8.18. The predicted octanol–water partition coefficient (Wildman–Crippen LogP) is 2.07. The first-order valence-corrected chi connectivity index (χ1v) is 9.52. The van der Waals surface area contributed by atoms with Gasteiger partial charge in [0.1, 0.15) is 23.2 Å². The molecule has 8 nitrogen and oxygen atoms in total. The molecule has 0 N–H and O–H groups in total. The fraction of sp³-hybridized carbons (Fsp3) is 0.381. The molecule has 30 heavy (non-hydrogen) atoms. The van der Waals surface area contributed by atoms with Gasteiger partial charge in [-0.25, -0.2) is 4.39 Å². The lowest BCUT2D eigenvalue weighted by Gasteiger charge is -2.46. The number of carbonyl (C=O) groups is 2. The van der Waals surface area contributed by atoms with Gasteiger partial charge < -0.3 is 9.64 Å². The van der Waals surface area contributed by atoms with Gasteiger partial charge in [-0.05, 0) is 24.6 Å². The third-order valence-electron chi connectivity index (χ3n) is 5.45. The van der Waals surface area contributed by atoms with Gasteiger partial charge in [-0.2, -0.15) is 20.3 Å². The normalized spacial score (nSPS) is 23.2. The number of hydrogen-bond acceptors (Lipinski definition) is 6. The summed E-state index contributed by atoms with van der Waals surface area (Å²) in [5, 5.41) is 17.4. The third-order valence-corrected chi connectivity index (χ3v) is 5.45. The number of amides is 1. The molecule has 1 aliphatic carbocycles. The van der Waals surface area contributed by atoms with Crippen molar-refractivity contribution in [3.05, 3.63) is 53.6 Å². The first kappa shape index (κ1) is 19.9.